The van der Waals surface area contributed by atoms with Gasteiger partial charge in [0.05, 0.1) is 19.9 Å². The number of aromatic nitrogens is 3. The lowest BCUT2D eigenvalue weighted by molar-refractivity contribution is 0.0847. The lowest BCUT2D eigenvalue weighted by atomic mass is 10.2. The molecule has 0 spiro atoms. The van der Waals surface area contributed by atoms with Gasteiger partial charge < -0.3 is 9.47 Å². The predicted octanol–water partition coefficient (Wildman–Crippen LogP) is 2.61. The van der Waals surface area contributed by atoms with Crippen LogP contribution in [0.1, 0.15) is 51.9 Å². The van der Waals surface area contributed by atoms with Crippen molar-refractivity contribution in [2.75, 3.05) is 13.7 Å². The highest BCUT2D eigenvalue weighted by atomic mass is 16.5. The maximum atomic E-state index is 12.5. The van der Waals surface area contributed by atoms with Crippen LogP contribution >= 0.6 is 0 Å². The monoisotopic (exact) mass is 411 g/mol. The van der Waals surface area contributed by atoms with Gasteiger partial charge in [0, 0.05) is 17.0 Å². The van der Waals surface area contributed by atoms with Crippen molar-refractivity contribution in [3.05, 3.63) is 53.0 Å². The van der Waals surface area contributed by atoms with Crippen molar-refractivity contribution in [2.45, 2.75) is 33.6 Å². The zero-order valence-corrected chi connectivity index (χ0v) is 17.5. The van der Waals surface area contributed by atoms with Crippen LogP contribution in [0.2, 0.25) is 0 Å². The first kappa shape index (κ1) is 21.1. The Balaban J connectivity index is 1.69. The molecule has 3 rings (SSSR count). The van der Waals surface area contributed by atoms with E-state index < -0.39 is 11.8 Å². The number of nitrogens with zero attached hydrogens (tertiary/aromatic N) is 3. The summed E-state index contributed by atoms with van der Waals surface area (Å²) in [6.07, 6.45) is 3.36. The molecule has 0 radical (unpaired) electrons. The molecule has 0 bridgehead atoms. The molecule has 0 unspecified atom stereocenters. The van der Waals surface area contributed by atoms with E-state index in [2.05, 4.69) is 27.9 Å². The third-order valence-electron chi connectivity index (χ3n) is 4.49. The maximum absolute atomic E-state index is 12.5. The summed E-state index contributed by atoms with van der Waals surface area (Å²) in [5, 5.41) is 4.18. The highest BCUT2D eigenvalue weighted by Crippen LogP contribution is 2.28. The molecular weight excluding hydrogens is 386 g/mol. The van der Waals surface area contributed by atoms with Crippen molar-refractivity contribution >= 4 is 17.5 Å². The average Bonchev–Trinajstić information content (AvgIpc) is 3.16. The summed E-state index contributed by atoms with van der Waals surface area (Å²) in [5.41, 5.74) is 7.44. The summed E-state index contributed by atoms with van der Waals surface area (Å²) in [6, 6.07) is 6.71. The van der Waals surface area contributed by atoms with Crippen LogP contribution in [0.4, 0.5) is 0 Å². The molecule has 0 atom stereocenters. The molecule has 2 aromatic heterocycles. The van der Waals surface area contributed by atoms with Gasteiger partial charge in [-0.25, -0.2) is 9.50 Å². The third-order valence-corrected chi connectivity index (χ3v) is 4.49. The van der Waals surface area contributed by atoms with Crippen LogP contribution in [-0.2, 0) is 0 Å². The van der Waals surface area contributed by atoms with E-state index in [1.165, 1.54) is 13.3 Å². The number of amides is 2. The van der Waals surface area contributed by atoms with Crippen LogP contribution in [0.25, 0.3) is 5.65 Å². The zero-order valence-electron chi connectivity index (χ0n) is 17.5. The molecule has 0 aliphatic rings. The number of benzene rings is 1. The standard InChI is InChI=1S/C21H25N5O4/c1-5-6-9-30-17-8-7-15(11-18(17)29-4)20(27)24-25-21(28)16-12-22-26-14(3)10-13(2)23-19(16)26/h7-8,10-12H,5-6,9H2,1-4H3,(H,24,27)(H,25,28). The largest absolute Gasteiger partial charge is 0.493 e. The van der Waals surface area contributed by atoms with Crippen LogP contribution in [0.3, 0.4) is 0 Å². The predicted molar refractivity (Wildman–Crippen MR) is 111 cm³/mol. The molecule has 30 heavy (non-hydrogen) atoms. The Bertz CT molecular complexity index is 1080. The van der Waals surface area contributed by atoms with Crippen molar-refractivity contribution in [3.8, 4) is 11.5 Å². The number of unbranched alkanes of at least 4 members (excludes halogenated alkanes) is 1. The molecule has 0 fully saturated rings. The van der Waals surface area contributed by atoms with E-state index in [1.807, 2.05) is 19.9 Å². The number of rotatable bonds is 7. The average molecular weight is 411 g/mol. The first-order valence-corrected chi connectivity index (χ1v) is 9.68. The Morgan fingerprint density at radius 3 is 2.60 bits per heavy atom. The fourth-order valence-electron chi connectivity index (χ4n) is 2.94. The normalized spacial score (nSPS) is 10.7. The summed E-state index contributed by atoms with van der Waals surface area (Å²) in [4.78, 5) is 29.4. The van der Waals surface area contributed by atoms with Gasteiger partial charge in [0.2, 0.25) is 0 Å². The van der Waals surface area contributed by atoms with Gasteiger partial charge in [0.25, 0.3) is 11.8 Å². The molecule has 9 heteroatoms. The maximum Gasteiger partial charge on any atom is 0.275 e. The lowest BCUT2D eigenvalue weighted by Gasteiger charge is -2.12. The van der Waals surface area contributed by atoms with Gasteiger partial charge in [0.15, 0.2) is 17.1 Å². The number of carbonyl (C=O) groups excluding carboxylic acids is 2. The van der Waals surface area contributed by atoms with Crippen molar-refractivity contribution in [2.24, 2.45) is 0 Å². The number of methoxy groups -OCH3 is 1. The zero-order chi connectivity index (χ0) is 21.7. The summed E-state index contributed by atoms with van der Waals surface area (Å²) < 4.78 is 12.6. The summed E-state index contributed by atoms with van der Waals surface area (Å²) in [7, 11) is 1.51. The molecule has 2 amide bonds. The fraction of sp³-hybridized carbons (Fsp3) is 0.333. The highest BCUT2D eigenvalue weighted by molar-refractivity contribution is 6.02. The van der Waals surface area contributed by atoms with Crippen molar-refractivity contribution in [1.82, 2.24) is 25.4 Å². The van der Waals surface area contributed by atoms with Gasteiger partial charge in [-0.15, -0.1) is 0 Å². The van der Waals surface area contributed by atoms with E-state index in [1.54, 1.807) is 22.7 Å². The highest BCUT2D eigenvalue weighted by Gasteiger charge is 2.17. The molecule has 3 aromatic rings. The smallest absolute Gasteiger partial charge is 0.275 e. The summed E-state index contributed by atoms with van der Waals surface area (Å²) in [5.74, 6) is 0.0125. The topological polar surface area (TPSA) is 107 Å². The molecule has 1 aromatic carbocycles. The number of hydrazine groups is 1. The number of nitrogens with one attached hydrogen (secondary N) is 2. The number of fused-ring (bicyclic) bond motifs is 1. The van der Waals surface area contributed by atoms with E-state index in [0.29, 0.717) is 29.3 Å². The molecule has 0 aliphatic heterocycles. The number of hydrogen-bond donors (Lipinski definition) is 2. The van der Waals surface area contributed by atoms with E-state index in [0.717, 1.165) is 24.2 Å². The summed E-state index contributed by atoms with van der Waals surface area (Å²) >= 11 is 0. The molecule has 2 N–H and O–H groups in total. The quantitative estimate of drug-likeness (QED) is 0.457. The van der Waals surface area contributed by atoms with Crippen LogP contribution in [0.15, 0.2) is 30.5 Å². The molecule has 0 saturated heterocycles. The second-order valence-corrected chi connectivity index (χ2v) is 6.81. The molecule has 0 aliphatic carbocycles. The van der Waals surface area contributed by atoms with Crippen molar-refractivity contribution in [1.29, 1.82) is 0 Å². The Morgan fingerprint density at radius 2 is 1.87 bits per heavy atom. The van der Waals surface area contributed by atoms with Crippen molar-refractivity contribution in [3.63, 3.8) is 0 Å². The van der Waals surface area contributed by atoms with Gasteiger partial charge in [-0.05, 0) is 44.5 Å². The van der Waals surface area contributed by atoms with E-state index in [9.17, 15) is 9.59 Å². The van der Waals surface area contributed by atoms with Crippen molar-refractivity contribution < 1.29 is 19.1 Å². The molecule has 2 heterocycles. The summed E-state index contributed by atoms with van der Waals surface area (Å²) in [6.45, 7) is 6.36. The van der Waals surface area contributed by atoms with Gasteiger partial charge in [0.1, 0.15) is 5.56 Å². The number of carbonyl (C=O) groups is 2. The van der Waals surface area contributed by atoms with E-state index >= 15 is 0 Å². The molecule has 0 saturated carbocycles. The molecule has 9 nitrogen and oxygen atoms in total. The van der Waals surface area contributed by atoms with Crippen LogP contribution in [0, 0.1) is 13.8 Å². The van der Waals surface area contributed by atoms with Gasteiger partial charge in [-0.3, -0.25) is 20.4 Å². The Hall–Kier alpha value is -3.62. The van der Waals surface area contributed by atoms with Gasteiger partial charge in [-0.2, -0.15) is 5.10 Å². The molecular formula is C21H25N5O4. The third kappa shape index (κ3) is 4.51. The SMILES string of the molecule is CCCCOc1ccc(C(=O)NNC(=O)c2cnn3c(C)cc(C)nc23)cc1OC. The minimum atomic E-state index is -0.512. The van der Waals surface area contributed by atoms with E-state index in [4.69, 9.17) is 9.47 Å². The van der Waals surface area contributed by atoms with Crippen LogP contribution < -0.4 is 20.3 Å². The minimum Gasteiger partial charge on any atom is -0.493 e. The van der Waals surface area contributed by atoms with Crippen LogP contribution in [0.5, 0.6) is 11.5 Å². The number of aryl methyl sites for hydroxylation is 2. The Kier molecular flexibility index (Phi) is 6.51. The van der Waals surface area contributed by atoms with Gasteiger partial charge >= 0.3 is 0 Å². The lowest BCUT2D eigenvalue weighted by Crippen LogP contribution is -2.41. The Labute approximate surface area is 174 Å². The minimum absolute atomic E-state index is 0.263. The van der Waals surface area contributed by atoms with Gasteiger partial charge in [-0.1, -0.05) is 13.3 Å². The first-order valence-electron chi connectivity index (χ1n) is 9.68. The second-order valence-electron chi connectivity index (χ2n) is 6.81. The second kappa shape index (κ2) is 9.25. The van der Waals surface area contributed by atoms with Crippen LogP contribution in [-0.4, -0.2) is 40.1 Å². The first-order chi connectivity index (χ1) is 14.4. The fourth-order valence-corrected chi connectivity index (χ4v) is 2.94. The number of hydrogen-bond acceptors (Lipinski definition) is 6. The van der Waals surface area contributed by atoms with E-state index in [-0.39, 0.29) is 5.56 Å². The Morgan fingerprint density at radius 1 is 1.10 bits per heavy atom. The molecule has 158 valence electrons. The number of ether oxygens (including phenoxy) is 2.